The molecular formula is C12H16N2O7. The molecular weight excluding hydrogens is 284 g/mol. The first kappa shape index (κ1) is 16.6. The van der Waals surface area contributed by atoms with E-state index >= 15 is 0 Å². The fraction of sp³-hybridized carbons (Fsp3) is 0.583. The molecule has 0 aromatic heterocycles. The maximum atomic E-state index is 12.3. The summed E-state index contributed by atoms with van der Waals surface area (Å²) in [5.74, 6) is -4.65. The molecule has 1 aliphatic heterocycles. The second kappa shape index (κ2) is 5.90. The Balaban J connectivity index is 3.33. The molecule has 4 amide bonds. The number of nitrogens with zero attached hydrogens (tertiary/aromatic N) is 2. The third-order valence-electron chi connectivity index (χ3n) is 3.56. The van der Waals surface area contributed by atoms with E-state index in [0.717, 1.165) is 0 Å². The number of imide groups is 2. The second-order valence-electron chi connectivity index (χ2n) is 4.64. The van der Waals surface area contributed by atoms with Gasteiger partial charge in [0.1, 0.15) is 18.5 Å². The highest BCUT2D eigenvalue weighted by Crippen LogP contribution is 2.35. The van der Waals surface area contributed by atoms with Crippen LogP contribution in [-0.2, 0) is 19.2 Å². The molecule has 21 heavy (non-hydrogen) atoms. The van der Waals surface area contributed by atoms with Gasteiger partial charge in [0, 0.05) is 0 Å². The summed E-state index contributed by atoms with van der Waals surface area (Å²) in [6.07, 6.45) is 0.0847. The molecule has 0 bridgehead atoms. The van der Waals surface area contributed by atoms with Crippen LogP contribution in [0.4, 0.5) is 4.79 Å². The lowest BCUT2D eigenvalue weighted by Gasteiger charge is -2.42. The van der Waals surface area contributed by atoms with E-state index in [0.29, 0.717) is 9.80 Å². The van der Waals surface area contributed by atoms with Crippen molar-refractivity contribution < 1.29 is 34.2 Å². The molecule has 0 aromatic carbocycles. The number of aliphatic carboxylic acids is 2. The van der Waals surface area contributed by atoms with Gasteiger partial charge in [0.25, 0.3) is 0 Å². The molecule has 9 heteroatoms. The quantitative estimate of drug-likeness (QED) is 0.646. The number of rotatable bonds is 6. The van der Waals surface area contributed by atoms with Gasteiger partial charge in [-0.3, -0.25) is 29.0 Å². The molecule has 1 rings (SSSR count). The summed E-state index contributed by atoms with van der Waals surface area (Å²) < 4.78 is 0. The van der Waals surface area contributed by atoms with Crippen molar-refractivity contribution in [1.82, 2.24) is 9.80 Å². The maximum Gasteiger partial charge on any atom is 0.334 e. The van der Waals surface area contributed by atoms with Crippen molar-refractivity contribution in [2.45, 2.75) is 26.7 Å². The van der Waals surface area contributed by atoms with E-state index in [1.807, 2.05) is 0 Å². The zero-order valence-electron chi connectivity index (χ0n) is 11.7. The second-order valence-corrected chi connectivity index (χ2v) is 4.64. The summed E-state index contributed by atoms with van der Waals surface area (Å²) in [5.41, 5.74) is -1.60. The molecule has 0 aliphatic carbocycles. The van der Waals surface area contributed by atoms with Gasteiger partial charge in [-0.25, -0.2) is 4.79 Å². The number of carbonyl (C=O) groups is 5. The Morgan fingerprint density at radius 1 is 0.905 bits per heavy atom. The molecule has 0 radical (unpaired) electrons. The molecule has 0 unspecified atom stereocenters. The third-order valence-corrected chi connectivity index (χ3v) is 3.56. The van der Waals surface area contributed by atoms with Crippen molar-refractivity contribution in [3.05, 3.63) is 0 Å². The molecule has 0 aromatic rings. The molecule has 116 valence electrons. The highest BCUT2D eigenvalue weighted by Gasteiger charge is 2.55. The van der Waals surface area contributed by atoms with Crippen molar-refractivity contribution in [2.75, 3.05) is 13.1 Å². The van der Waals surface area contributed by atoms with Crippen LogP contribution in [0.25, 0.3) is 0 Å². The van der Waals surface area contributed by atoms with Gasteiger partial charge in [-0.1, -0.05) is 13.8 Å². The van der Waals surface area contributed by atoms with Crippen LogP contribution in [0.1, 0.15) is 26.7 Å². The topological polar surface area (TPSA) is 132 Å². The molecule has 1 heterocycles. The van der Waals surface area contributed by atoms with E-state index in [-0.39, 0.29) is 12.8 Å². The van der Waals surface area contributed by atoms with Crippen LogP contribution in [0.5, 0.6) is 0 Å². The van der Waals surface area contributed by atoms with Gasteiger partial charge >= 0.3 is 18.0 Å². The standard InChI is InChI=1S/C12H16N2O7/c1-3-12(4-2)9(19)13(5-7(15)16)11(21)14(10(12)20)6-8(17)18/h3-6H2,1-2H3,(H,15,16)(H,17,18). The number of carbonyl (C=O) groups excluding carboxylic acids is 3. The Bertz CT molecular complexity index is 470. The van der Waals surface area contributed by atoms with E-state index in [4.69, 9.17) is 10.2 Å². The monoisotopic (exact) mass is 300 g/mol. The number of carboxylic acids is 2. The minimum Gasteiger partial charge on any atom is -0.480 e. The van der Waals surface area contributed by atoms with Crippen LogP contribution >= 0.6 is 0 Å². The third kappa shape index (κ3) is 2.71. The molecule has 0 atom stereocenters. The van der Waals surface area contributed by atoms with Gasteiger partial charge in [0.15, 0.2) is 0 Å². The van der Waals surface area contributed by atoms with Gasteiger partial charge in [-0.15, -0.1) is 0 Å². The van der Waals surface area contributed by atoms with E-state index in [1.54, 1.807) is 13.8 Å². The minimum absolute atomic E-state index is 0.0423. The van der Waals surface area contributed by atoms with Crippen LogP contribution in [-0.4, -0.2) is 62.9 Å². The van der Waals surface area contributed by atoms with Gasteiger partial charge in [-0.2, -0.15) is 0 Å². The number of urea groups is 1. The highest BCUT2D eigenvalue weighted by atomic mass is 16.4. The van der Waals surface area contributed by atoms with Crippen molar-refractivity contribution in [3.63, 3.8) is 0 Å². The van der Waals surface area contributed by atoms with E-state index in [2.05, 4.69) is 0 Å². The molecule has 1 saturated heterocycles. The SMILES string of the molecule is CCC1(CC)C(=O)N(CC(=O)O)C(=O)N(CC(=O)O)C1=O. The minimum atomic E-state index is -1.60. The highest BCUT2D eigenvalue weighted by molar-refractivity contribution is 6.20. The molecule has 1 aliphatic rings. The Morgan fingerprint density at radius 2 is 1.24 bits per heavy atom. The summed E-state index contributed by atoms with van der Waals surface area (Å²) in [4.78, 5) is 59.1. The van der Waals surface area contributed by atoms with Gasteiger partial charge in [-0.05, 0) is 12.8 Å². The number of carboxylic acid groups (broad SMARTS) is 2. The average Bonchev–Trinajstić information content (AvgIpc) is 2.41. The summed E-state index contributed by atoms with van der Waals surface area (Å²) in [5, 5.41) is 17.6. The summed E-state index contributed by atoms with van der Waals surface area (Å²) in [7, 11) is 0. The average molecular weight is 300 g/mol. The predicted octanol–water partition coefficient (Wildman–Crippen LogP) is -0.247. The van der Waals surface area contributed by atoms with Crippen molar-refractivity contribution in [1.29, 1.82) is 0 Å². The first-order chi connectivity index (χ1) is 9.71. The predicted molar refractivity (Wildman–Crippen MR) is 67.1 cm³/mol. The van der Waals surface area contributed by atoms with Crippen LogP contribution < -0.4 is 0 Å². The lowest BCUT2D eigenvalue weighted by molar-refractivity contribution is -0.164. The van der Waals surface area contributed by atoms with Crippen molar-refractivity contribution in [3.8, 4) is 0 Å². The van der Waals surface area contributed by atoms with Crippen LogP contribution in [0, 0.1) is 5.41 Å². The summed E-state index contributed by atoms with van der Waals surface area (Å²) >= 11 is 0. The largest absolute Gasteiger partial charge is 0.480 e. The fourth-order valence-corrected chi connectivity index (χ4v) is 2.33. The number of hydrogen-bond acceptors (Lipinski definition) is 5. The lowest BCUT2D eigenvalue weighted by atomic mass is 9.78. The lowest BCUT2D eigenvalue weighted by Crippen LogP contribution is -2.66. The molecule has 0 saturated carbocycles. The van der Waals surface area contributed by atoms with E-state index in [1.165, 1.54) is 0 Å². The Labute approximate surface area is 120 Å². The Hall–Kier alpha value is -2.45. The first-order valence-electron chi connectivity index (χ1n) is 6.32. The van der Waals surface area contributed by atoms with Gasteiger partial charge < -0.3 is 10.2 Å². The zero-order chi connectivity index (χ0) is 16.4. The summed E-state index contributed by atoms with van der Waals surface area (Å²) in [6.45, 7) is 1.27. The Morgan fingerprint density at radius 3 is 1.48 bits per heavy atom. The van der Waals surface area contributed by atoms with Crippen molar-refractivity contribution in [2.24, 2.45) is 5.41 Å². The van der Waals surface area contributed by atoms with Crippen LogP contribution in [0.2, 0.25) is 0 Å². The first-order valence-corrected chi connectivity index (χ1v) is 6.32. The number of amides is 4. The van der Waals surface area contributed by atoms with E-state index in [9.17, 15) is 24.0 Å². The van der Waals surface area contributed by atoms with Gasteiger partial charge in [0.2, 0.25) is 11.8 Å². The van der Waals surface area contributed by atoms with Crippen LogP contribution in [0.15, 0.2) is 0 Å². The fourth-order valence-electron chi connectivity index (χ4n) is 2.33. The Kier molecular flexibility index (Phi) is 4.66. The normalized spacial score (nSPS) is 18.1. The smallest absolute Gasteiger partial charge is 0.334 e. The molecule has 2 N–H and O–H groups in total. The zero-order valence-corrected chi connectivity index (χ0v) is 11.7. The van der Waals surface area contributed by atoms with Gasteiger partial charge in [0.05, 0.1) is 0 Å². The number of barbiturate groups is 1. The number of hydrogen-bond donors (Lipinski definition) is 2. The van der Waals surface area contributed by atoms with E-state index < -0.39 is 48.3 Å². The maximum absolute atomic E-state index is 12.3. The molecule has 1 fully saturated rings. The van der Waals surface area contributed by atoms with Crippen molar-refractivity contribution >= 4 is 29.8 Å². The van der Waals surface area contributed by atoms with Crippen LogP contribution in [0.3, 0.4) is 0 Å². The molecule has 0 spiro atoms. The summed E-state index contributed by atoms with van der Waals surface area (Å²) in [6, 6.07) is -1.22. The molecule has 9 nitrogen and oxygen atoms in total.